The van der Waals surface area contributed by atoms with Crippen molar-refractivity contribution in [2.45, 2.75) is 25.4 Å². The Labute approximate surface area is 121 Å². The first-order valence-corrected chi connectivity index (χ1v) is 7.21. The summed E-state index contributed by atoms with van der Waals surface area (Å²) < 4.78 is 13.0. The monoisotopic (exact) mass is 372 g/mol. The van der Waals surface area contributed by atoms with E-state index in [2.05, 4.69) is 42.1 Å². The number of nitrogens with zero attached hydrogens (tertiary/aromatic N) is 2. The van der Waals surface area contributed by atoms with Gasteiger partial charge in [-0.2, -0.15) is 0 Å². The van der Waals surface area contributed by atoms with Crippen LogP contribution in [0.2, 0.25) is 0 Å². The molecule has 2 aromatic rings. The summed E-state index contributed by atoms with van der Waals surface area (Å²) in [5.41, 5.74) is 0. The normalized spacial score (nSPS) is 14.8. The summed E-state index contributed by atoms with van der Waals surface area (Å²) in [6.45, 7) is 0.292. The van der Waals surface area contributed by atoms with E-state index >= 15 is 0 Å². The van der Waals surface area contributed by atoms with Crippen molar-refractivity contribution in [2.24, 2.45) is 0 Å². The topological polar surface area (TPSA) is 48.2 Å². The highest BCUT2D eigenvalue weighted by Gasteiger charge is 2.29. The SMILES string of the molecule is Brc1ccc(OCc2nnc(C3CC3)o2)c(Br)c1. The molecule has 0 radical (unpaired) electrons. The van der Waals surface area contributed by atoms with Crippen molar-refractivity contribution < 1.29 is 9.15 Å². The zero-order chi connectivity index (χ0) is 12.5. The van der Waals surface area contributed by atoms with Crippen LogP contribution in [-0.4, -0.2) is 10.2 Å². The Morgan fingerprint density at radius 3 is 2.83 bits per heavy atom. The predicted octanol–water partition coefficient (Wildman–Crippen LogP) is 4.05. The van der Waals surface area contributed by atoms with Gasteiger partial charge in [0.15, 0.2) is 6.61 Å². The zero-order valence-corrected chi connectivity index (χ0v) is 12.6. The van der Waals surface area contributed by atoms with Crippen LogP contribution in [0, 0.1) is 0 Å². The molecular formula is C12H10Br2N2O2. The summed E-state index contributed by atoms with van der Waals surface area (Å²) in [5, 5.41) is 7.98. The summed E-state index contributed by atoms with van der Waals surface area (Å²) in [6, 6.07) is 5.73. The van der Waals surface area contributed by atoms with E-state index in [1.54, 1.807) is 0 Å². The Morgan fingerprint density at radius 2 is 2.11 bits per heavy atom. The van der Waals surface area contributed by atoms with E-state index in [-0.39, 0.29) is 0 Å². The quantitative estimate of drug-likeness (QED) is 0.811. The fraction of sp³-hybridized carbons (Fsp3) is 0.333. The predicted molar refractivity (Wildman–Crippen MR) is 72.4 cm³/mol. The van der Waals surface area contributed by atoms with Crippen LogP contribution < -0.4 is 4.74 Å². The van der Waals surface area contributed by atoms with Crippen LogP contribution in [0.25, 0.3) is 0 Å². The first-order chi connectivity index (χ1) is 8.72. The average Bonchev–Trinajstić information content (AvgIpc) is 3.08. The highest BCUT2D eigenvalue weighted by molar-refractivity contribution is 9.11. The van der Waals surface area contributed by atoms with Crippen molar-refractivity contribution in [3.8, 4) is 5.75 Å². The molecule has 0 bridgehead atoms. The minimum Gasteiger partial charge on any atom is -0.483 e. The highest BCUT2D eigenvalue weighted by atomic mass is 79.9. The molecule has 18 heavy (non-hydrogen) atoms. The number of ether oxygens (including phenoxy) is 1. The summed E-state index contributed by atoms with van der Waals surface area (Å²) in [5.74, 6) is 2.49. The van der Waals surface area contributed by atoms with Crippen LogP contribution in [0.4, 0.5) is 0 Å². The molecule has 0 aliphatic heterocycles. The fourth-order valence-electron chi connectivity index (χ4n) is 1.55. The van der Waals surface area contributed by atoms with E-state index in [0.717, 1.165) is 33.4 Å². The highest BCUT2D eigenvalue weighted by Crippen LogP contribution is 2.39. The van der Waals surface area contributed by atoms with E-state index < -0.39 is 0 Å². The van der Waals surface area contributed by atoms with Crippen molar-refractivity contribution >= 4 is 31.9 Å². The zero-order valence-electron chi connectivity index (χ0n) is 9.40. The molecule has 1 saturated carbocycles. The molecule has 0 spiro atoms. The smallest absolute Gasteiger partial charge is 0.253 e. The van der Waals surface area contributed by atoms with Crippen molar-refractivity contribution in [1.29, 1.82) is 0 Å². The Bertz CT molecular complexity index is 567. The van der Waals surface area contributed by atoms with Gasteiger partial charge in [-0.25, -0.2) is 0 Å². The lowest BCUT2D eigenvalue weighted by atomic mass is 10.3. The minimum absolute atomic E-state index is 0.292. The molecule has 1 fully saturated rings. The first-order valence-electron chi connectivity index (χ1n) is 5.62. The lowest BCUT2D eigenvalue weighted by molar-refractivity contribution is 0.257. The summed E-state index contributed by atoms with van der Waals surface area (Å²) in [7, 11) is 0. The molecule has 1 aliphatic rings. The van der Waals surface area contributed by atoms with E-state index in [0.29, 0.717) is 18.4 Å². The molecule has 0 N–H and O–H groups in total. The number of benzene rings is 1. The lowest BCUT2D eigenvalue weighted by Gasteiger charge is -2.05. The van der Waals surface area contributed by atoms with E-state index in [4.69, 9.17) is 9.15 Å². The third-order valence-electron chi connectivity index (χ3n) is 2.65. The second-order valence-corrected chi connectivity index (χ2v) is 5.94. The van der Waals surface area contributed by atoms with Crippen LogP contribution in [0.15, 0.2) is 31.6 Å². The van der Waals surface area contributed by atoms with Crippen LogP contribution in [0.1, 0.15) is 30.5 Å². The standard InChI is InChI=1S/C12H10Br2N2O2/c13-8-3-4-10(9(14)5-8)17-6-11-15-16-12(18-11)7-1-2-7/h3-5,7H,1-2,6H2. The summed E-state index contributed by atoms with van der Waals surface area (Å²) >= 11 is 6.83. The van der Waals surface area contributed by atoms with Gasteiger partial charge in [0.05, 0.1) is 4.47 Å². The molecule has 3 rings (SSSR count). The van der Waals surface area contributed by atoms with Gasteiger partial charge in [0.2, 0.25) is 5.89 Å². The second-order valence-electron chi connectivity index (χ2n) is 4.17. The lowest BCUT2D eigenvalue weighted by Crippen LogP contribution is -1.96. The molecule has 6 heteroatoms. The van der Waals surface area contributed by atoms with Gasteiger partial charge in [-0.3, -0.25) is 0 Å². The molecule has 0 saturated heterocycles. The molecule has 0 amide bonds. The number of hydrogen-bond donors (Lipinski definition) is 0. The largest absolute Gasteiger partial charge is 0.483 e. The third-order valence-corrected chi connectivity index (χ3v) is 3.77. The van der Waals surface area contributed by atoms with Gasteiger partial charge in [-0.1, -0.05) is 15.9 Å². The average molecular weight is 374 g/mol. The molecule has 4 nitrogen and oxygen atoms in total. The van der Waals surface area contributed by atoms with Gasteiger partial charge in [0.25, 0.3) is 5.89 Å². The van der Waals surface area contributed by atoms with Gasteiger partial charge in [-0.15, -0.1) is 10.2 Å². The molecule has 0 atom stereocenters. The maximum atomic E-state index is 5.63. The Kier molecular flexibility index (Phi) is 3.39. The van der Waals surface area contributed by atoms with Crippen LogP contribution in [-0.2, 0) is 6.61 Å². The van der Waals surface area contributed by atoms with Gasteiger partial charge in [-0.05, 0) is 47.0 Å². The number of halogens is 2. The van der Waals surface area contributed by atoms with Gasteiger partial charge in [0.1, 0.15) is 5.75 Å². The molecular weight excluding hydrogens is 364 g/mol. The molecule has 94 valence electrons. The Balaban J connectivity index is 1.65. The van der Waals surface area contributed by atoms with Crippen molar-refractivity contribution in [3.63, 3.8) is 0 Å². The first kappa shape index (κ1) is 12.2. The van der Waals surface area contributed by atoms with E-state index in [1.165, 1.54) is 0 Å². The Morgan fingerprint density at radius 1 is 1.28 bits per heavy atom. The minimum atomic E-state index is 0.292. The maximum Gasteiger partial charge on any atom is 0.253 e. The van der Waals surface area contributed by atoms with Crippen molar-refractivity contribution in [3.05, 3.63) is 38.9 Å². The summed E-state index contributed by atoms with van der Waals surface area (Å²) in [4.78, 5) is 0. The van der Waals surface area contributed by atoms with Crippen LogP contribution >= 0.6 is 31.9 Å². The molecule has 1 aliphatic carbocycles. The number of rotatable bonds is 4. The summed E-state index contributed by atoms with van der Waals surface area (Å²) in [6.07, 6.45) is 2.31. The molecule has 0 unspecified atom stereocenters. The fourth-order valence-corrected chi connectivity index (χ4v) is 2.71. The van der Waals surface area contributed by atoms with Gasteiger partial charge in [0, 0.05) is 10.4 Å². The number of hydrogen-bond acceptors (Lipinski definition) is 4. The molecule has 1 aromatic heterocycles. The molecule has 1 aromatic carbocycles. The molecule has 1 heterocycles. The van der Waals surface area contributed by atoms with Crippen molar-refractivity contribution in [2.75, 3.05) is 0 Å². The maximum absolute atomic E-state index is 5.63. The van der Waals surface area contributed by atoms with Crippen molar-refractivity contribution in [1.82, 2.24) is 10.2 Å². The number of aromatic nitrogens is 2. The van der Waals surface area contributed by atoms with Gasteiger partial charge >= 0.3 is 0 Å². The van der Waals surface area contributed by atoms with E-state index in [9.17, 15) is 0 Å². The van der Waals surface area contributed by atoms with Crippen LogP contribution in [0.3, 0.4) is 0 Å². The Hall–Kier alpha value is -0.880. The van der Waals surface area contributed by atoms with Gasteiger partial charge < -0.3 is 9.15 Å². The van der Waals surface area contributed by atoms with E-state index in [1.807, 2.05) is 18.2 Å². The third kappa shape index (κ3) is 2.75. The second kappa shape index (κ2) is 5.01. The van der Waals surface area contributed by atoms with Crippen LogP contribution in [0.5, 0.6) is 5.75 Å².